The molecule has 28 heavy (non-hydrogen) atoms. The van der Waals surface area contributed by atoms with Crippen molar-refractivity contribution in [2.75, 3.05) is 0 Å². The average Bonchev–Trinajstić information content (AvgIpc) is 3.19. The number of hydrogen-bond donors (Lipinski definition) is 0. The normalized spacial score (nSPS) is 18.7. The number of benzene rings is 3. The third-order valence-electron chi connectivity index (χ3n) is 4.46. The molecule has 0 aromatic heterocycles. The van der Waals surface area contributed by atoms with Crippen molar-refractivity contribution in [1.29, 1.82) is 0 Å². The van der Waals surface area contributed by atoms with Crippen molar-refractivity contribution in [1.82, 2.24) is 0 Å². The molecule has 0 amide bonds. The number of fused-ring (bicyclic) bond motifs is 2. The first-order valence-corrected chi connectivity index (χ1v) is 10.1. The van der Waals surface area contributed by atoms with Crippen LogP contribution >= 0.6 is 7.51 Å². The van der Waals surface area contributed by atoms with Crippen LogP contribution in [-0.2, 0) is 0 Å². The monoisotopic (exact) mass is 415 g/mol. The molecule has 10 heteroatoms. The van der Waals surface area contributed by atoms with Gasteiger partial charge >= 0.3 is 153 Å². The molecule has 5 rings (SSSR count). The van der Waals surface area contributed by atoms with Gasteiger partial charge in [0.05, 0.1) is 0 Å². The molecular formula is C18H9F5O4P-. The van der Waals surface area contributed by atoms with Gasteiger partial charge in [-0.1, -0.05) is 0 Å². The topological polar surface area (TPSA) is 36.9 Å². The molecule has 2 heterocycles. The first kappa shape index (κ1) is 17.1. The van der Waals surface area contributed by atoms with Gasteiger partial charge < -0.3 is 0 Å². The molecule has 2 aliphatic rings. The van der Waals surface area contributed by atoms with Gasteiger partial charge in [-0.15, -0.1) is 0 Å². The van der Waals surface area contributed by atoms with Crippen molar-refractivity contribution >= 4 is 12.8 Å². The van der Waals surface area contributed by atoms with E-state index in [0.717, 1.165) is 0 Å². The molecule has 0 saturated heterocycles. The van der Waals surface area contributed by atoms with E-state index in [0.29, 0.717) is 0 Å². The predicted octanol–water partition coefficient (Wildman–Crippen LogP) is 4.90. The fraction of sp³-hybridized carbons (Fsp3) is 0. The molecule has 2 aliphatic heterocycles. The van der Waals surface area contributed by atoms with Crippen LogP contribution in [0.4, 0.5) is 22.0 Å². The molecule has 0 saturated carbocycles. The fourth-order valence-electron chi connectivity index (χ4n) is 3.29. The van der Waals surface area contributed by atoms with Gasteiger partial charge in [0.2, 0.25) is 0 Å². The van der Waals surface area contributed by atoms with Gasteiger partial charge in [0, 0.05) is 0 Å². The maximum absolute atomic E-state index is 14.8. The second-order valence-electron chi connectivity index (χ2n) is 6.15. The second-order valence-corrected chi connectivity index (χ2v) is 9.29. The first-order chi connectivity index (χ1) is 13.3. The number of halogens is 5. The zero-order chi connectivity index (χ0) is 19.7. The Morgan fingerprint density at radius 2 is 0.750 bits per heavy atom. The average molecular weight is 415 g/mol. The van der Waals surface area contributed by atoms with E-state index < -0.39 is 41.9 Å². The van der Waals surface area contributed by atoms with Crippen molar-refractivity contribution in [3.8, 4) is 23.0 Å². The van der Waals surface area contributed by atoms with Crippen LogP contribution in [0.15, 0.2) is 48.5 Å². The number of rotatable bonds is 1. The first-order valence-electron chi connectivity index (χ1n) is 7.98. The van der Waals surface area contributed by atoms with Gasteiger partial charge in [0.1, 0.15) is 0 Å². The third-order valence-corrected chi connectivity index (χ3v) is 8.00. The Kier molecular flexibility index (Phi) is 3.21. The molecule has 0 radical (unpaired) electrons. The maximum atomic E-state index is 14.8. The van der Waals surface area contributed by atoms with Gasteiger partial charge in [0.25, 0.3) is 0 Å². The molecule has 0 atom stereocenters. The van der Waals surface area contributed by atoms with Crippen LogP contribution < -0.4 is 23.4 Å². The molecule has 0 unspecified atom stereocenters. The summed E-state index contributed by atoms with van der Waals surface area (Å²) in [6, 6.07) is 11.7. The van der Waals surface area contributed by atoms with Crippen molar-refractivity contribution in [2.24, 2.45) is 0 Å². The van der Waals surface area contributed by atoms with E-state index in [2.05, 4.69) is 0 Å². The predicted molar refractivity (Wildman–Crippen MR) is 89.6 cm³/mol. The molecule has 0 N–H and O–H groups in total. The quantitative estimate of drug-likeness (QED) is 0.245. The van der Waals surface area contributed by atoms with E-state index in [1.165, 1.54) is 48.5 Å². The van der Waals surface area contributed by atoms with Crippen LogP contribution in [0.3, 0.4) is 0 Å². The molecule has 0 fully saturated rings. The van der Waals surface area contributed by atoms with E-state index in [9.17, 15) is 22.0 Å². The molecule has 146 valence electrons. The van der Waals surface area contributed by atoms with E-state index in [1.54, 1.807) is 0 Å². The Hall–Kier alpha value is -3.06. The standard InChI is InChI=1S/C18H9F5O4P/c19-13-14(20)16(22)18(17(23)15(13)21)28(24-9-5-1-2-6-10(9)25-28)26-11-7-3-4-8-12(11)27-28/h1-8,28H/q-1. The minimum absolute atomic E-state index is 0.0208. The van der Waals surface area contributed by atoms with Crippen LogP contribution in [0.2, 0.25) is 0 Å². The van der Waals surface area contributed by atoms with Crippen LogP contribution in [-0.4, -0.2) is 0 Å². The Morgan fingerprint density at radius 1 is 0.464 bits per heavy atom. The summed E-state index contributed by atoms with van der Waals surface area (Å²) in [5, 5.41) is -1.41. The van der Waals surface area contributed by atoms with Gasteiger partial charge in [-0.25, -0.2) is 0 Å². The van der Waals surface area contributed by atoms with Crippen molar-refractivity contribution in [3.63, 3.8) is 0 Å². The Morgan fingerprint density at radius 3 is 1.07 bits per heavy atom. The molecule has 1 spiro atoms. The summed E-state index contributed by atoms with van der Waals surface area (Å²) in [6.07, 6.45) is 0. The van der Waals surface area contributed by atoms with Gasteiger partial charge in [-0.05, 0) is 0 Å². The van der Waals surface area contributed by atoms with Crippen LogP contribution in [0, 0.1) is 29.1 Å². The summed E-state index contributed by atoms with van der Waals surface area (Å²) in [5.41, 5.74) is 0. The van der Waals surface area contributed by atoms with Crippen LogP contribution in [0.5, 0.6) is 23.0 Å². The Labute approximate surface area is 154 Å². The van der Waals surface area contributed by atoms with E-state index >= 15 is 0 Å². The van der Waals surface area contributed by atoms with E-state index in [-0.39, 0.29) is 23.0 Å². The summed E-state index contributed by atoms with van der Waals surface area (Å²) >= 11 is 0. The second kappa shape index (κ2) is 5.26. The molecule has 0 aliphatic carbocycles. The SMILES string of the molecule is Fc1c(F)c(F)c([PH-]23(Oc4ccccc4O2)Oc2ccccc2O3)c(F)c1F. The molecule has 3 aromatic rings. The summed E-state index contributed by atoms with van der Waals surface area (Å²) in [7, 11) is -5.92. The van der Waals surface area contributed by atoms with Crippen LogP contribution in [0.25, 0.3) is 0 Å². The molecule has 0 bridgehead atoms. The zero-order valence-electron chi connectivity index (χ0n) is 13.6. The van der Waals surface area contributed by atoms with Crippen molar-refractivity contribution in [3.05, 3.63) is 77.6 Å². The van der Waals surface area contributed by atoms with Gasteiger partial charge in [-0.2, -0.15) is 0 Å². The minimum atomic E-state index is -5.92. The Bertz CT molecular complexity index is 1030. The summed E-state index contributed by atoms with van der Waals surface area (Å²) in [5.74, 6) is -11.0. The van der Waals surface area contributed by atoms with Crippen molar-refractivity contribution < 1.29 is 40.0 Å². The summed E-state index contributed by atoms with van der Waals surface area (Å²) in [4.78, 5) is 0. The van der Waals surface area contributed by atoms with Gasteiger partial charge in [0.15, 0.2) is 0 Å². The van der Waals surface area contributed by atoms with E-state index in [4.69, 9.17) is 18.1 Å². The van der Waals surface area contributed by atoms with Gasteiger partial charge in [-0.3, -0.25) is 0 Å². The van der Waals surface area contributed by atoms with Crippen LogP contribution in [0.1, 0.15) is 0 Å². The third kappa shape index (κ3) is 1.97. The summed E-state index contributed by atoms with van der Waals surface area (Å²) in [6.45, 7) is 0. The molecular weight excluding hydrogens is 406 g/mol. The fourth-order valence-corrected chi connectivity index (χ4v) is 7.07. The number of para-hydroxylation sites is 4. The van der Waals surface area contributed by atoms with E-state index in [1.807, 2.05) is 0 Å². The Balaban J connectivity index is 1.86. The van der Waals surface area contributed by atoms with Crippen molar-refractivity contribution in [2.45, 2.75) is 0 Å². The number of hydrogen-bond acceptors (Lipinski definition) is 4. The summed E-state index contributed by atoms with van der Waals surface area (Å²) < 4.78 is 93.9. The molecule has 4 nitrogen and oxygen atoms in total. The zero-order valence-corrected chi connectivity index (χ0v) is 14.6. The molecule has 3 aromatic carbocycles.